The topological polar surface area (TPSA) is 35.2 Å². The van der Waals surface area contributed by atoms with Crippen molar-refractivity contribution in [2.75, 3.05) is 6.54 Å². The van der Waals surface area contributed by atoms with Crippen LogP contribution in [-0.4, -0.2) is 6.54 Å². The molecule has 19 heavy (non-hydrogen) atoms. The molecule has 0 spiro atoms. The van der Waals surface area contributed by atoms with Gasteiger partial charge >= 0.3 is 0 Å². The van der Waals surface area contributed by atoms with Gasteiger partial charge in [0.05, 0.1) is 8.95 Å². The predicted molar refractivity (Wildman–Crippen MR) is 81.1 cm³/mol. The summed E-state index contributed by atoms with van der Waals surface area (Å²) in [6.07, 6.45) is 0.819. The van der Waals surface area contributed by atoms with Crippen molar-refractivity contribution >= 4 is 31.9 Å². The standard InChI is InChI=1S/C14H12Br2FNO/c15-11-7-9(5-6-18)1-3-13(11)19-14-4-2-10(17)8-12(14)16/h1-4,7-8H,5-6,18H2. The molecule has 0 radical (unpaired) electrons. The molecule has 0 aliphatic carbocycles. The molecule has 0 aromatic heterocycles. The van der Waals surface area contributed by atoms with E-state index >= 15 is 0 Å². The van der Waals surface area contributed by atoms with Crippen LogP contribution in [0.4, 0.5) is 4.39 Å². The Balaban J connectivity index is 2.23. The van der Waals surface area contributed by atoms with E-state index in [1.165, 1.54) is 12.1 Å². The van der Waals surface area contributed by atoms with E-state index in [0.29, 0.717) is 22.5 Å². The Morgan fingerprint density at radius 1 is 1.00 bits per heavy atom. The Kier molecular flexibility index (Phi) is 4.96. The Bertz CT molecular complexity index is 590. The highest BCUT2D eigenvalue weighted by Crippen LogP contribution is 2.34. The summed E-state index contributed by atoms with van der Waals surface area (Å²) in [6, 6.07) is 10.1. The molecule has 0 heterocycles. The van der Waals surface area contributed by atoms with Crippen LogP contribution in [0.2, 0.25) is 0 Å². The highest BCUT2D eigenvalue weighted by molar-refractivity contribution is 9.11. The highest BCUT2D eigenvalue weighted by Gasteiger charge is 2.07. The molecular weight excluding hydrogens is 377 g/mol. The lowest BCUT2D eigenvalue weighted by Gasteiger charge is -2.10. The van der Waals surface area contributed by atoms with Gasteiger partial charge in [-0.15, -0.1) is 0 Å². The molecular formula is C14H12Br2FNO. The van der Waals surface area contributed by atoms with Gasteiger partial charge in [0, 0.05) is 0 Å². The number of halogens is 3. The number of hydrogen-bond donors (Lipinski definition) is 1. The number of hydrogen-bond acceptors (Lipinski definition) is 2. The minimum atomic E-state index is -0.309. The van der Waals surface area contributed by atoms with Crippen molar-refractivity contribution in [3.8, 4) is 11.5 Å². The van der Waals surface area contributed by atoms with E-state index in [9.17, 15) is 4.39 Å². The Hall–Kier alpha value is -0.910. The van der Waals surface area contributed by atoms with Gasteiger partial charge in [-0.2, -0.15) is 0 Å². The van der Waals surface area contributed by atoms with Gasteiger partial charge in [-0.05, 0) is 80.7 Å². The molecule has 2 nitrogen and oxygen atoms in total. The van der Waals surface area contributed by atoms with Crippen molar-refractivity contribution < 1.29 is 9.13 Å². The van der Waals surface area contributed by atoms with Crippen molar-refractivity contribution in [1.82, 2.24) is 0 Å². The first kappa shape index (κ1) is 14.5. The highest BCUT2D eigenvalue weighted by atomic mass is 79.9. The van der Waals surface area contributed by atoms with E-state index in [1.54, 1.807) is 6.07 Å². The number of nitrogens with two attached hydrogens (primary N) is 1. The molecule has 5 heteroatoms. The van der Waals surface area contributed by atoms with Crippen LogP contribution in [0, 0.1) is 5.82 Å². The second kappa shape index (κ2) is 6.50. The lowest BCUT2D eigenvalue weighted by Crippen LogP contribution is -2.02. The summed E-state index contributed by atoms with van der Waals surface area (Å²) in [7, 11) is 0. The molecule has 2 aromatic rings. The van der Waals surface area contributed by atoms with E-state index in [0.717, 1.165) is 16.5 Å². The van der Waals surface area contributed by atoms with Gasteiger partial charge in [0.1, 0.15) is 17.3 Å². The van der Waals surface area contributed by atoms with Crippen LogP contribution in [0.15, 0.2) is 45.3 Å². The summed E-state index contributed by atoms with van der Waals surface area (Å²) in [4.78, 5) is 0. The van der Waals surface area contributed by atoms with Gasteiger partial charge in [-0.3, -0.25) is 0 Å². The Morgan fingerprint density at radius 2 is 1.63 bits per heavy atom. The van der Waals surface area contributed by atoms with Crippen LogP contribution < -0.4 is 10.5 Å². The molecule has 2 aromatic carbocycles. The van der Waals surface area contributed by atoms with Gasteiger partial charge in [-0.25, -0.2) is 4.39 Å². The molecule has 0 unspecified atom stereocenters. The Morgan fingerprint density at radius 3 is 2.21 bits per heavy atom. The molecule has 0 fully saturated rings. The second-order valence-corrected chi connectivity index (χ2v) is 5.69. The summed E-state index contributed by atoms with van der Waals surface area (Å²) in [5, 5.41) is 0. The largest absolute Gasteiger partial charge is 0.455 e. The van der Waals surface area contributed by atoms with E-state index in [4.69, 9.17) is 10.5 Å². The van der Waals surface area contributed by atoms with Gasteiger partial charge in [0.15, 0.2) is 0 Å². The monoisotopic (exact) mass is 387 g/mol. The van der Waals surface area contributed by atoms with E-state index < -0.39 is 0 Å². The summed E-state index contributed by atoms with van der Waals surface area (Å²) >= 11 is 6.73. The number of rotatable bonds is 4. The molecule has 0 aliphatic heterocycles. The minimum absolute atomic E-state index is 0.309. The summed E-state index contributed by atoms with van der Waals surface area (Å²) in [5.74, 6) is 0.929. The molecule has 0 atom stereocenters. The van der Waals surface area contributed by atoms with Crippen LogP contribution in [0.25, 0.3) is 0 Å². The first-order chi connectivity index (χ1) is 9.10. The summed E-state index contributed by atoms with van der Waals surface area (Å²) in [5.41, 5.74) is 6.66. The van der Waals surface area contributed by atoms with Gasteiger partial charge < -0.3 is 10.5 Å². The predicted octanol–water partition coefficient (Wildman–Crippen LogP) is 4.64. The maximum atomic E-state index is 13.0. The maximum Gasteiger partial charge on any atom is 0.141 e. The fraction of sp³-hybridized carbons (Fsp3) is 0.143. The Labute approximate surface area is 128 Å². The number of benzene rings is 2. The third-order valence-corrected chi connectivity index (χ3v) is 3.78. The third-order valence-electron chi connectivity index (χ3n) is 2.54. The zero-order valence-corrected chi connectivity index (χ0v) is 13.2. The fourth-order valence-corrected chi connectivity index (χ4v) is 2.56. The van der Waals surface area contributed by atoms with Gasteiger partial charge in [0.2, 0.25) is 0 Å². The van der Waals surface area contributed by atoms with E-state index in [-0.39, 0.29) is 5.82 Å². The second-order valence-electron chi connectivity index (χ2n) is 3.98. The zero-order chi connectivity index (χ0) is 13.8. The normalized spacial score (nSPS) is 10.5. The molecule has 0 saturated carbocycles. The first-order valence-electron chi connectivity index (χ1n) is 5.71. The van der Waals surface area contributed by atoms with Gasteiger partial charge in [0.25, 0.3) is 0 Å². The molecule has 2 rings (SSSR count). The van der Waals surface area contributed by atoms with Crippen molar-refractivity contribution in [3.05, 3.63) is 56.7 Å². The van der Waals surface area contributed by atoms with E-state index in [1.807, 2.05) is 18.2 Å². The third kappa shape index (κ3) is 3.78. The van der Waals surface area contributed by atoms with Crippen molar-refractivity contribution in [2.24, 2.45) is 5.73 Å². The maximum absolute atomic E-state index is 13.0. The quantitative estimate of drug-likeness (QED) is 0.827. The van der Waals surface area contributed by atoms with Crippen LogP contribution >= 0.6 is 31.9 Å². The first-order valence-corrected chi connectivity index (χ1v) is 7.30. The SMILES string of the molecule is NCCc1ccc(Oc2ccc(F)cc2Br)c(Br)c1. The average molecular weight is 389 g/mol. The molecule has 100 valence electrons. The molecule has 2 N–H and O–H groups in total. The molecule has 0 bridgehead atoms. The molecule has 0 amide bonds. The van der Waals surface area contributed by atoms with Crippen molar-refractivity contribution in [3.63, 3.8) is 0 Å². The van der Waals surface area contributed by atoms with Crippen LogP contribution in [-0.2, 0) is 6.42 Å². The molecule has 0 saturated heterocycles. The van der Waals surface area contributed by atoms with Gasteiger partial charge in [-0.1, -0.05) is 6.07 Å². The smallest absolute Gasteiger partial charge is 0.141 e. The lowest BCUT2D eigenvalue weighted by atomic mass is 10.1. The molecule has 0 aliphatic rings. The summed E-state index contributed by atoms with van der Waals surface area (Å²) < 4.78 is 20.1. The van der Waals surface area contributed by atoms with E-state index in [2.05, 4.69) is 31.9 Å². The average Bonchev–Trinajstić information content (AvgIpc) is 2.36. The number of ether oxygens (including phenoxy) is 1. The zero-order valence-electron chi connectivity index (χ0n) is 10.00. The van der Waals surface area contributed by atoms with Crippen LogP contribution in [0.3, 0.4) is 0 Å². The van der Waals surface area contributed by atoms with Crippen molar-refractivity contribution in [2.45, 2.75) is 6.42 Å². The van der Waals surface area contributed by atoms with Crippen LogP contribution in [0.5, 0.6) is 11.5 Å². The minimum Gasteiger partial charge on any atom is -0.455 e. The lowest BCUT2D eigenvalue weighted by molar-refractivity contribution is 0.474. The summed E-state index contributed by atoms with van der Waals surface area (Å²) in [6.45, 7) is 0.607. The van der Waals surface area contributed by atoms with Crippen molar-refractivity contribution in [1.29, 1.82) is 0 Å². The van der Waals surface area contributed by atoms with Crippen LogP contribution in [0.1, 0.15) is 5.56 Å². The fourth-order valence-electron chi connectivity index (χ4n) is 1.63.